The van der Waals surface area contributed by atoms with Crippen molar-refractivity contribution in [3.63, 3.8) is 0 Å². The highest BCUT2D eigenvalue weighted by Crippen LogP contribution is 2.31. The topological polar surface area (TPSA) is 113 Å². The molecule has 0 spiro atoms. The summed E-state index contributed by atoms with van der Waals surface area (Å²) in [6, 6.07) is 15.3. The number of rotatable bonds is 16. The molecule has 40 heavy (non-hydrogen) atoms. The van der Waals surface area contributed by atoms with Gasteiger partial charge in [-0.05, 0) is 83.1 Å². The van der Waals surface area contributed by atoms with Gasteiger partial charge in [0.05, 0.1) is 34.7 Å². The van der Waals surface area contributed by atoms with Crippen LogP contribution < -0.4 is 0 Å². The van der Waals surface area contributed by atoms with Crippen LogP contribution in [0.1, 0.15) is 40.0 Å². The Kier molecular flexibility index (Phi) is 12.8. The van der Waals surface area contributed by atoms with Crippen LogP contribution in [0.15, 0.2) is 82.6 Å². The highest BCUT2D eigenvalue weighted by atomic mass is 32.3. The fraction of sp³-hybridized carbons (Fsp3) is 0.483. The van der Waals surface area contributed by atoms with Crippen LogP contribution >= 0.6 is 0 Å². The van der Waals surface area contributed by atoms with Crippen molar-refractivity contribution in [2.24, 2.45) is 0 Å². The van der Waals surface area contributed by atoms with Crippen molar-refractivity contribution in [3.05, 3.63) is 72.8 Å². The van der Waals surface area contributed by atoms with Crippen molar-refractivity contribution < 1.29 is 35.5 Å². The van der Waals surface area contributed by atoms with Gasteiger partial charge in [0.15, 0.2) is 32.6 Å². The molecular formula is C29H42O8S2Si. The normalized spacial score (nSPS) is 15.2. The molecule has 3 atom stereocenters. The molecule has 2 aromatic carbocycles. The van der Waals surface area contributed by atoms with Crippen LogP contribution in [0.5, 0.6) is 0 Å². The molecule has 0 bridgehead atoms. The summed E-state index contributed by atoms with van der Waals surface area (Å²) in [7, 11) is -10.7. The van der Waals surface area contributed by atoms with Gasteiger partial charge in [0.1, 0.15) is 0 Å². The first-order valence-electron chi connectivity index (χ1n) is 13.5. The molecule has 222 valence electrons. The van der Waals surface area contributed by atoms with Gasteiger partial charge in [-0.15, -0.1) is 0 Å². The number of benzene rings is 2. The molecule has 0 aliphatic rings. The van der Waals surface area contributed by atoms with Crippen molar-refractivity contribution in [2.45, 2.75) is 92.4 Å². The van der Waals surface area contributed by atoms with E-state index in [9.17, 15) is 21.6 Å². The Hall–Kier alpha value is -2.31. The number of carbonyl (C=O) groups excluding carboxylic acids is 1. The minimum atomic E-state index is -4.26. The average Bonchev–Trinajstić information content (AvgIpc) is 2.90. The molecule has 0 aliphatic carbocycles. The predicted octanol–water partition coefficient (Wildman–Crippen LogP) is 5.56. The molecule has 0 fully saturated rings. The highest BCUT2D eigenvalue weighted by Gasteiger charge is 2.41. The van der Waals surface area contributed by atoms with E-state index in [4.69, 9.17) is 13.9 Å². The van der Waals surface area contributed by atoms with Gasteiger partial charge >= 0.3 is 5.97 Å². The smallest absolute Gasteiger partial charge is 0.330 e. The van der Waals surface area contributed by atoms with Gasteiger partial charge in [-0.25, -0.2) is 21.6 Å². The summed E-state index contributed by atoms with van der Waals surface area (Å²) in [5.41, 5.74) is 0. The second-order valence-corrected chi connectivity index (χ2v) is 19.4. The zero-order valence-electron chi connectivity index (χ0n) is 24.1. The fourth-order valence-corrected chi connectivity index (χ4v) is 9.95. The van der Waals surface area contributed by atoms with Crippen LogP contribution in [0.2, 0.25) is 19.6 Å². The van der Waals surface area contributed by atoms with Crippen molar-refractivity contribution in [2.75, 3.05) is 6.61 Å². The summed E-state index contributed by atoms with van der Waals surface area (Å²) < 4.78 is 70.9. The fourth-order valence-electron chi connectivity index (χ4n) is 4.16. The molecule has 1 unspecified atom stereocenters. The number of hydrogen-bond acceptors (Lipinski definition) is 8. The highest BCUT2D eigenvalue weighted by molar-refractivity contribution is 8.09. The van der Waals surface area contributed by atoms with Crippen molar-refractivity contribution in [1.29, 1.82) is 0 Å². The Bertz CT molecular complexity index is 1240. The van der Waals surface area contributed by atoms with Gasteiger partial charge in [-0.3, -0.25) is 0 Å². The van der Waals surface area contributed by atoms with E-state index in [0.717, 1.165) is 0 Å². The zero-order chi connectivity index (χ0) is 30.0. The molecule has 2 aromatic rings. The standard InChI is InChI=1S/C29H42O8S2Si/c1-7-24(19-21-28(30)35-8-2)36-23(3)27(37-40(4,5)6)20-22-29(38(31,32)25-15-11-9-12-16-25)39(33,34)26-17-13-10-14-18-26/h9-19,21,23-24,27,29H,7-8,20,22H2,1-6H3/b21-19+/t23-,24?,27+/m1/s1. The second-order valence-electron chi connectivity index (χ2n) is 10.4. The summed E-state index contributed by atoms with van der Waals surface area (Å²) in [4.78, 5) is 11.7. The summed E-state index contributed by atoms with van der Waals surface area (Å²) in [5, 5.41) is 0. The van der Waals surface area contributed by atoms with E-state index < -0.39 is 56.9 Å². The van der Waals surface area contributed by atoms with Crippen LogP contribution in [0.25, 0.3) is 0 Å². The summed E-state index contributed by atoms with van der Waals surface area (Å²) >= 11 is 0. The number of hydrogen-bond donors (Lipinski definition) is 0. The number of ether oxygens (including phenoxy) is 2. The van der Waals surface area contributed by atoms with Crippen molar-refractivity contribution >= 4 is 34.0 Å². The molecule has 11 heteroatoms. The van der Waals surface area contributed by atoms with Gasteiger partial charge < -0.3 is 13.9 Å². The average molecular weight is 611 g/mol. The van der Waals surface area contributed by atoms with E-state index in [2.05, 4.69) is 0 Å². The maximum atomic E-state index is 13.8. The number of carbonyl (C=O) groups is 1. The van der Waals surface area contributed by atoms with Crippen LogP contribution in [0.3, 0.4) is 0 Å². The van der Waals surface area contributed by atoms with Gasteiger partial charge in [0.25, 0.3) is 0 Å². The minimum absolute atomic E-state index is 0.0541. The monoisotopic (exact) mass is 610 g/mol. The van der Waals surface area contributed by atoms with E-state index in [-0.39, 0.29) is 29.2 Å². The van der Waals surface area contributed by atoms with Gasteiger partial charge in [-0.1, -0.05) is 43.3 Å². The predicted molar refractivity (Wildman–Crippen MR) is 159 cm³/mol. The lowest BCUT2D eigenvalue weighted by atomic mass is 10.1. The molecule has 2 rings (SSSR count). The van der Waals surface area contributed by atoms with Crippen molar-refractivity contribution in [3.8, 4) is 0 Å². The molecule has 0 radical (unpaired) electrons. The summed E-state index contributed by atoms with van der Waals surface area (Å²) in [5.74, 6) is -0.466. The Balaban J connectivity index is 2.40. The molecule has 0 aromatic heterocycles. The van der Waals surface area contributed by atoms with E-state index in [0.29, 0.717) is 6.42 Å². The Labute approximate surface area is 240 Å². The zero-order valence-corrected chi connectivity index (χ0v) is 26.8. The Morgan fingerprint density at radius 3 is 1.77 bits per heavy atom. The van der Waals surface area contributed by atoms with Gasteiger partial charge in [0, 0.05) is 6.08 Å². The Morgan fingerprint density at radius 2 is 1.35 bits per heavy atom. The second kappa shape index (κ2) is 15.1. The molecule has 0 aliphatic heterocycles. The summed E-state index contributed by atoms with van der Waals surface area (Å²) in [6.07, 6.45) is 1.98. The Morgan fingerprint density at radius 1 is 0.850 bits per heavy atom. The molecule has 8 nitrogen and oxygen atoms in total. The summed E-state index contributed by atoms with van der Waals surface area (Å²) in [6.45, 7) is 11.7. The van der Waals surface area contributed by atoms with E-state index in [1.54, 1.807) is 49.4 Å². The van der Waals surface area contributed by atoms with Gasteiger partial charge in [-0.2, -0.15) is 0 Å². The maximum absolute atomic E-state index is 13.8. The lowest BCUT2D eigenvalue weighted by Gasteiger charge is -2.33. The van der Waals surface area contributed by atoms with E-state index in [1.807, 2.05) is 33.5 Å². The molecule has 0 saturated carbocycles. The molecule has 0 amide bonds. The molecule has 0 saturated heterocycles. The first kappa shape index (κ1) is 33.9. The SMILES string of the molecule is CCOC(=O)/C=C/C(CC)O[C@H](C)[C@H](CCC(S(=O)(=O)c1ccccc1)S(=O)(=O)c1ccccc1)O[Si](C)(C)C. The third kappa shape index (κ3) is 9.95. The minimum Gasteiger partial charge on any atom is -0.463 e. The van der Waals surface area contributed by atoms with Crippen molar-refractivity contribution in [1.82, 2.24) is 0 Å². The maximum Gasteiger partial charge on any atom is 0.330 e. The van der Waals surface area contributed by atoms with Crippen LogP contribution in [-0.2, 0) is 38.4 Å². The number of sulfone groups is 2. The first-order chi connectivity index (χ1) is 18.7. The third-order valence-electron chi connectivity index (χ3n) is 6.08. The van der Waals surface area contributed by atoms with Crippen LogP contribution in [-0.4, -0.2) is 60.6 Å². The van der Waals surface area contributed by atoms with Crippen LogP contribution in [0, 0.1) is 0 Å². The van der Waals surface area contributed by atoms with Gasteiger partial charge in [0.2, 0.25) is 0 Å². The van der Waals surface area contributed by atoms with Crippen LogP contribution in [0.4, 0.5) is 0 Å². The third-order valence-corrected chi connectivity index (χ3v) is 12.3. The molecule has 0 heterocycles. The quantitative estimate of drug-likeness (QED) is 0.138. The first-order valence-corrected chi connectivity index (χ1v) is 20.0. The van der Waals surface area contributed by atoms with E-state index in [1.165, 1.54) is 30.3 Å². The molecule has 0 N–H and O–H groups in total. The lowest BCUT2D eigenvalue weighted by Crippen LogP contribution is -2.41. The number of esters is 1. The lowest BCUT2D eigenvalue weighted by molar-refractivity contribution is -0.137. The van der Waals surface area contributed by atoms with E-state index >= 15 is 0 Å². The molecular weight excluding hydrogens is 569 g/mol. The largest absolute Gasteiger partial charge is 0.463 e.